The lowest BCUT2D eigenvalue weighted by atomic mass is 9.89. The summed E-state index contributed by atoms with van der Waals surface area (Å²) in [6.45, 7) is 0. The largest absolute Gasteiger partial charge is 0.496 e. The minimum absolute atomic E-state index is 0.276. The first-order chi connectivity index (χ1) is 12.8. The van der Waals surface area contributed by atoms with E-state index in [1.54, 1.807) is 21.3 Å². The summed E-state index contributed by atoms with van der Waals surface area (Å²) in [6.07, 6.45) is 0.810. The molecule has 0 bridgehead atoms. The van der Waals surface area contributed by atoms with Crippen LogP contribution in [0.3, 0.4) is 0 Å². The van der Waals surface area contributed by atoms with E-state index >= 15 is 0 Å². The van der Waals surface area contributed by atoms with Gasteiger partial charge in [0.2, 0.25) is 0 Å². The van der Waals surface area contributed by atoms with E-state index in [1.165, 1.54) is 22.3 Å². The third kappa shape index (κ3) is 2.60. The average Bonchev–Trinajstić information content (AvgIpc) is 3.02. The third-order valence-corrected chi connectivity index (χ3v) is 5.19. The highest BCUT2D eigenvalue weighted by Gasteiger charge is 2.30. The van der Waals surface area contributed by atoms with E-state index in [0.717, 1.165) is 29.2 Å². The number of hydrogen-bond donors (Lipinski definition) is 0. The second-order valence-corrected chi connectivity index (χ2v) is 6.44. The highest BCUT2D eigenvalue weighted by molar-refractivity contribution is 5.79. The van der Waals surface area contributed by atoms with Crippen LogP contribution in [0, 0.1) is 0 Å². The highest BCUT2D eigenvalue weighted by Crippen LogP contribution is 2.48. The fourth-order valence-corrected chi connectivity index (χ4v) is 3.96. The van der Waals surface area contributed by atoms with Crippen molar-refractivity contribution in [3.63, 3.8) is 0 Å². The SMILES string of the molecule is COc1cc(OC)c(CC2c3ccccc3-c3ccccc32)c(OC)c1. The molecule has 3 heteroatoms. The zero-order chi connectivity index (χ0) is 18.1. The van der Waals surface area contributed by atoms with Gasteiger partial charge in [0.05, 0.1) is 21.3 Å². The van der Waals surface area contributed by atoms with Gasteiger partial charge < -0.3 is 14.2 Å². The van der Waals surface area contributed by atoms with Crippen molar-refractivity contribution in [3.8, 4) is 28.4 Å². The molecule has 3 aromatic carbocycles. The lowest BCUT2D eigenvalue weighted by Gasteiger charge is -2.19. The molecular formula is C23H22O3. The Balaban J connectivity index is 1.83. The Kier molecular flexibility index (Phi) is 4.29. The van der Waals surface area contributed by atoms with Crippen LogP contribution in [0.25, 0.3) is 11.1 Å². The van der Waals surface area contributed by atoms with Crippen LogP contribution in [0.15, 0.2) is 60.7 Å². The minimum atomic E-state index is 0.276. The zero-order valence-corrected chi connectivity index (χ0v) is 15.3. The van der Waals surface area contributed by atoms with Gasteiger partial charge in [-0.15, -0.1) is 0 Å². The molecule has 0 radical (unpaired) electrons. The molecular weight excluding hydrogens is 324 g/mol. The Morgan fingerprint density at radius 1 is 0.692 bits per heavy atom. The van der Waals surface area contributed by atoms with E-state index in [9.17, 15) is 0 Å². The molecule has 0 unspecified atom stereocenters. The van der Waals surface area contributed by atoms with Crippen LogP contribution in [0.5, 0.6) is 17.2 Å². The normalized spacial score (nSPS) is 12.4. The van der Waals surface area contributed by atoms with Gasteiger partial charge in [-0.25, -0.2) is 0 Å². The van der Waals surface area contributed by atoms with Crippen LogP contribution in [0.4, 0.5) is 0 Å². The molecule has 0 atom stereocenters. The topological polar surface area (TPSA) is 27.7 Å². The molecule has 0 aromatic heterocycles. The fraction of sp³-hybridized carbons (Fsp3) is 0.217. The molecule has 1 aliphatic rings. The second-order valence-electron chi connectivity index (χ2n) is 6.44. The maximum absolute atomic E-state index is 5.66. The summed E-state index contributed by atoms with van der Waals surface area (Å²) in [4.78, 5) is 0. The summed E-state index contributed by atoms with van der Waals surface area (Å²) in [5, 5.41) is 0. The van der Waals surface area contributed by atoms with Gasteiger partial charge in [0.15, 0.2) is 0 Å². The van der Waals surface area contributed by atoms with Gasteiger partial charge in [0.1, 0.15) is 17.2 Å². The summed E-state index contributed by atoms with van der Waals surface area (Å²) in [5.74, 6) is 2.60. The smallest absolute Gasteiger partial charge is 0.129 e. The number of ether oxygens (including phenoxy) is 3. The Labute approximate surface area is 154 Å². The van der Waals surface area contributed by atoms with Gasteiger partial charge >= 0.3 is 0 Å². The maximum Gasteiger partial charge on any atom is 0.129 e. The first-order valence-electron chi connectivity index (χ1n) is 8.74. The van der Waals surface area contributed by atoms with Crippen molar-refractivity contribution in [2.75, 3.05) is 21.3 Å². The Morgan fingerprint density at radius 3 is 1.65 bits per heavy atom. The van der Waals surface area contributed by atoms with E-state index in [2.05, 4.69) is 48.5 Å². The zero-order valence-electron chi connectivity index (χ0n) is 15.3. The van der Waals surface area contributed by atoms with E-state index in [-0.39, 0.29) is 5.92 Å². The van der Waals surface area contributed by atoms with Gasteiger partial charge in [0, 0.05) is 23.6 Å². The molecule has 0 amide bonds. The van der Waals surface area contributed by atoms with Crippen molar-refractivity contribution in [2.24, 2.45) is 0 Å². The van der Waals surface area contributed by atoms with Gasteiger partial charge in [-0.1, -0.05) is 48.5 Å². The molecule has 0 saturated heterocycles. The number of fused-ring (bicyclic) bond motifs is 3. The number of rotatable bonds is 5. The molecule has 0 heterocycles. The summed E-state index contributed by atoms with van der Waals surface area (Å²) in [7, 11) is 5.03. The lowest BCUT2D eigenvalue weighted by molar-refractivity contribution is 0.368. The molecule has 26 heavy (non-hydrogen) atoms. The third-order valence-electron chi connectivity index (χ3n) is 5.19. The van der Waals surface area contributed by atoms with Crippen LogP contribution in [0.1, 0.15) is 22.6 Å². The van der Waals surface area contributed by atoms with Crippen molar-refractivity contribution in [3.05, 3.63) is 77.4 Å². The Bertz CT molecular complexity index is 875. The van der Waals surface area contributed by atoms with Crippen molar-refractivity contribution in [2.45, 2.75) is 12.3 Å². The predicted molar refractivity (Wildman–Crippen MR) is 104 cm³/mol. The molecule has 1 aliphatic carbocycles. The Hall–Kier alpha value is -2.94. The number of hydrogen-bond acceptors (Lipinski definition) is 3. The van der Waals surface area contributed by atoms with Crippen LogP contribution >= 0.6 is 0 Å². The first-order valence-corrected chi connectivity index (χ1v) is 8.74. The minimum Gasteiger partial charge on any atom is -0.496 e. The average molecular weight is 346 g/mol. The van der Waals surface area contributed by atoms with Gasteiger partial charge in [0.25, 0.3) is 0 Å². The van der Waals surface area contributed by atoms with E-state index < -0.39 is 0 Å². The van der Waals surface area contributed by atoms with E-state index in [0.29, 0.717) is 0 Å². The highest BCUT2D eigenvalue weighted by atomic mass is 16.5. The van der Waals surface area contributed by atoms with Crippen LogP contribution in [-0.2, 0) is 6.42 Å². The molecule has 3 aromatic rings. The monoisotopic (exact) mass is 346 g/mol. The summed E-state index contributed by atoms with van der Waals surface area (Å²) in [5.41, 5.74) is 6.41. The lowest BCUT2D eigenvalue weighted by Crippen LogP contribution is -2.05. The first kappa shape index (κ1) is 16.5. The van der Waals surface area contributed by atoms with Crippen molar-refractivity contribution in [1.29, 1.82) is 0 Å². The van der Waals surface area contributed by atoms with Gasteiger partial charge in [-0.2, -0.15) is 0 Å². The molecule has 4 rings (SSSR count). The molecule has 0 aliphatic heterocycles. The van der Waals surface area contributed by atoms with Crippen LogP contribution in [0.2, 0.25) is 0 Å². The van der Waals surface area contributed by atoms with Crippen molar-refractivity contribution in [1.82, 2.24) is 0 Å². The second kappa shape index (κ2) is 6.75. The summed E-state index contributed by atoms with van der Waals surface area (Å²) in [6, 6.07) is 21.1. The molecule has 0 spiro atoms. The quantitative estimate of drug-likeness (QED) is 0.646. The maximum atomic E-state index is 5.66. The molecule has 3 nitrogen and oxygen atoms in total. The van der Waals surface area contributed by atoms with Gasteiger partial charge in [-0.3, -0.25) is 0 Å². The van der Waals surface area contributed by atoms with Crippen molar-refractivity contribution >= 4 is 0 Å². The van der Waals surface area contributed by atoms with Crippen LogP contribution < -0.4 is 14.2 Å². The molecule has 0 saturated carbocycles. The van der Waals surface area contributed by atoms with Gasteiger partial charge in [-0.05, 0) is 28.7 Å². The summed E-state index contributed by atoms with van der Waals surface area (Å²) >= 11 is 0. The van der Waals surface area contributed by atoms with Crippen molar-refractivity contribution < 1.29 is 14.2 Å². The standard InChI is InChI=1S/C23H22O3/c1-24-15-12-22(25-2)21(23(13-15)26-3)14-20-18-10-6-4-8-16(18)17-9-5-7-11-19(17)20/h4-13,20H,14H2,1-3H3. The Morgan fingerprint density at radius 2 is 1.19 bits per heavy atom. The van der Waals surface area contributed by atoms with E-state index in [4.69, 9.17) is 14.2 Å². The predicted octanol–water partition coefficient (Wildman–Crippen LogP) is 5.07. The summed E-state index contributed by atoms with van der Waals surface area (Å²) < 4.78 is 16.7. The number of benzene rings is 3. The number of methoxy groups -OCH3 is 3. The van der Waals surface area contributed by atoms with E-state index in [1.807, 2.05) is 12.1 Å². The fourth-order valence-electron chi connectivity index (χ4n) is 3.96. The van der Waals surface area contributed by atoms with Crippen LogP contribution in [-0.4, -0.2) is 21.3 Å². The molecule has 132 valence electrons. The molecule has 0 N–H and O–H groups in total. The molecule has 0 fully saturated rings.